The molecule has 2 rings (SSSR count). The van der Waals surface area contributed by atoms with Crippen molar-refractivity contribution >= 4 is 0 Å². The van der Waals surface area contributed by atoms with Gasteiger partial charge in [0.05, 0.1) is 6.42 Å². The maximum Gasteiger partial charge on any atom is 0.228 e. The predicted molar refractivity (Wildman–Crippen MR) is 72.7 cm³/mol. The number of nitrogens with one attached hydrogen (secondary N) is 1. The lowest BCUT2D eigenvalue weighted by Gasteiger charge is -2.17. The second-order valence-electron chi connectivity index (χ2n) is 4.95. The Balaban J connectivity index is 1.99. The average molecular weight is 260 g/mol. The van der Waals surface area contributed by atoms with Gasteiger partial charge in [0, 0.05) is 24.4 Å². The average Bonchev–Trinajstić information content (AvgIpc) is 2.84. The van der Waals surface area contributed by atoms with Gasteiger partial charge in [0.2, 0.25) is 5.89 Å². The maximum atomic E-state index is 5.29. The Morgan fingerprint density at radius 3 is 2.79 bits per heavy atom. The van der Waals surface area contributed by atoms with E-state index in [1.165, 1.54) is 0 Å². The summed E-state index contributed by atoms with van der Waals surface area (Å²) in [5.74, 6) is 1.89. The molecule has 1 atom stereocenters. The number of rotatable bonds is 6. The van der Waals surface area contributed by atoms with Crippen molar-refractivity contribution < 1.29 is 4.52 Å². The summed E-state index contributed by atoms with van der Waals surface area (Å²) in [6, 6.07) is 6.16. The van der Waals surface area contributed by atoms with E-state index < -0.39 is 0 Å². The number of nitrogens with zero attached hydrogens (tertiary/aromatic N) is 3. The largest absolute Gasteiger partial charge is 0.339 e. The number of hydrogen-bond acceptors (Lipinski definition) is 5. The summed E-state index contributed by atoms with van der Waals surface area (Å²) in [5, 5.41) is 7.27. The number of aromatic nitrogens is 3. The van der Waals surface area contributed by atoms with Crippen molar-refractivity contribution in [2.45, 2.75) is 32.7 Å². The van der Waals surface area contributed by atoms with Crippen molar-refractivity contribution in [1.82, 2.24) is 20.4 Å². The molecule has 102 valence electrons. The SMILES string of the molecule is CNC(Cc1nc(Cc2ccccn2)no1)C(C)C. The van der Waals surface area contributed by atoms with Crippen LogP contribution in [0.4, 0.5) is 0 Å². The summed E-state index contributed by atoms with van der Waals surface area (Å²) in [6.45, 7) is 4.35. The highest BCUT2D eigenvalue weighted by molar-refractivity contribution is 5.09. The molecule has 0 aliphatic heterocycles. The Morgan fingerprint density at radius 2 is 2.16 bits per heavy atom. The van der Waals surface area contributed by atoms with Crippen molar-refractivity contribution in [2.24, 2.45) is 5.92 Å². The van der Waals surface area contributed by atoms with Gasteiger partial charge in [-0.05, 0) is 25.1 Å². The summed E-state index contributed by atoms with van der Waals surface area (Å²) >= 11 is 0. The first-order valence-corrected chi connectivity index (χ1v) is 6.57. The molecule has 0 fully saturated rings. The molecule has 0 saturated heterocycles. The van der Waals surface area contributed by atoms with E-state index in [1.54, 1.807) is 6.20 Å². The van der Waals surface area contributed by atoms with Crippen molar-refractivity contribution in [1.29, 1.82) is 0 Å². The van der Waals surface area contributed by atoms with Crippen LogP contribution < -0.4 is 5.32 Å². The van der Waals surface area contributed by atoms with Gasteiger partial charge in [0.15, 0.2) is 5.82 Å². The smallest absolute Gasteiger partial charge is 0.228 e. The maximum absolute atomic E-state index is 5.29. The Bertz CT molecular complexity index is 495. The highest BCUT2D eigenvalue weighted by Crippen LogP contribution is 2.10. The molecule has 19 heavy (non-hydrogen) atoms. The molecule has 5 heteroatoms. The molecule has 0 saturated carbocycles. The Labute approximate surface area is 113 Å². The molecule has 0 aromatic carbocycles. The minimum atomic E-state index is 0.350. The highest BCUT2D eigenvalue weighted by Gasteiger charge is 2.16. The molecule has 1 N–H and O–H groups in total. The minimum absolute atomic E-state index is 0.350. The minimum Gasteiger partial charge on any atom is -0.339 e. The van der Waals surface area contributed by atoms with Crippen molar-refractivity contribution in [3.8, 4) is 0 Å². The van der Waals surface area contributed by atoms with E-state index in [9.17, 15) is 0 Å². The first-order chi connectivity index (χ1) is 9.19. The lowest BCUT2D eigenvalue weighted by molar-refractivity contribution is 0.333. The van der Waals surface area contributed by atoms with Gasteiger partial charge >= 0.3 is 0 Å². The third-order valence-corrected chi connectivity index (χ3v) is 3.15. The normalized spacial score (nSPS) is 12.8. The third kappa shape index (κ3) is 3.86. The molecule has 2 aromatic rings. The van der Waals surface area contributed by atoms with E-state index in [-0.39, 0.29) is 0 Å². The monoisotopic (exact) mass is 260 g/mol. The quantitative estimate of drug-likeness (QED) is 0.858. The summed E-state index contributed by atoms with van der Waals surface area (Å²) in [5.41, 5.74) is 0.948. The third-order valence-electron chi connectivity index (χ3n) is 3.15. The van der Waals surface area contributed by atoms with Gasteiger partial charge in [-0.15, -0.1) is 0 Å². The summed E-state index contributed by atoms with van der Waals surface area (Å²) in [7, 11) is 1.95. The first kappa shape index (κ1) is 13.7. The van der Waals surface area contributed by atoms with E-state index in [0.29, 0.717) is 30.1 Å². The lowest BCUT2D eigenvalue weighted by Crippen LogP contribution is -2.32. The van der Waals surface area contributed by atoms with E-state index in [0.717, 1.165) is 12.1 Å². The molecule has 0 aliphatic carbocycles. The van der Waals surface area contributed by atoms with Crippen LogP contribution >= 0.6 is 0 Å². The van der Waals surface area contributed by atoms with Crippen LogP contribution in [0.15, 0.2) is 28.9 Å². The van der Waals surface area contributed by atoms with E-state index >= 15 is 0 Å². The van der Waals surface area contributed by atoms with E-state index in [4.69, 9.17) is 4.52 Å². The van der Waals surface area contributed by atoms with Crippen LogP contribution in [0, 0.1) is 5.92 Å². The Kier molecular flexibility index (Phi) is 4.63. The van der Waals surface area contributed by atoms with Crippen LogP contribution in [0.1, 0.15) is 31.3 Å². The van der Waals surface area contributed by atoms with Crippen molar-refractivity contribution in [2.75, 3.05) is 7.05 Å². The fourth-order valence-corrected chi connectivity index (χ4v) is 1.97. The van der Waals surface area contributed by atoms with Crippen molar-refractivity contribution in [3.05, 3.63) is 41.8 Å². The molecule has 2 heterocycles. The lowest BCUT2D eigenvalue weighted by atomic mass is 10.0. The Hall–Kier alpha value is -1.75. The fraction of sp³-hybridized carbons (Fsp3) is 0.500. The summed E-state index contributed by atoms with van der Waals surface area (Å²) in [6.07, 6.45) is 3.13. The van der Waals surface area contributed by atoms with Gasteiger partial charge in [-0.1, -0.05) is 25.1 Å². The van der Waals surface area contributed by atoms with Crippen LogP contribution in [0.25, 0.3) is 0 Å². The highest BCUT2D eigenvalue weighted by atomic mass is 16.5. The summed E-state index contributed by atoms with van der Waals surface area (Å²) in [4.78, 5) is 8.67. The van der Waals surface area contributed by atoms with E-state index in [1.807, 2.05) is 25.2 Å². The number of likely N-dealkylation sites (N-methyl/N-ethyl adjacent to an activating group) is 1. The second-order valence-corrected chi connectivity index (χ2v) is 4.95. The zero-order chi connectivity index (χ0) is 13.7. The molecule has 0 radical (unpaired) electrons. The van der Waals surface area contributed by atoms with Gasteiger partial charge in [0.25, 0.3) is 0 Å². The second kappa shape index (κ2) is 6.43. The van der Waals surface area contributed by atoms with Gasteiger partial charge in [-0.2, -0.15) is 4.98 Å². The number of pyridine rings is 1. The molecular weight excluding hydrogens is 240 g/mol. The zero-order valence-electron chi connectivity index (χ0n) is 11.6. The molecule has 0 aliphatic rings. The van der Waals surface area contributed by atoms with Crippen LogP contribution in [0.5, 0.6) is 0 Å². The molecular formula is C14H20N4O. The molecule has 0 amide bonds. The standard InChI is InChI=1S/C14H20N4O/c1-10(2)12(15-3)9-14-17-13(18-19-14)8-11-6-4-5-7-16-11/h4-7,10,12,15H,8-9H2,1-3H3. The molecule has 2 aromatic heterocycles. The van der Waals surface area contributed by atoms with Crippen LogP contribution in [0.3, 0.4) is 0 Å². The predicted octanol–water partition coefficient (Wildman–Crippen LogP) is 1.84. The summed E-state index contributed by atoms with van der Waals surface area (Å²) < 4.78 is 5.29. The zero-order valence-corrected chi connectivity index (χ0v) is 11.6. The van der Waals surface area contributed by atoms with E-state index in [2.05, 4.69) is 34.3 Å². The fourth-order valence-electron chi connectivity index (χ4n) is 1.97. The van der Waals surface area contributed by atoms with Gasteiger partial charge < -0.3 is 9.84 Å². The van der Waals surface area contributed by atoms with Gasteiger partial charge in [-0.25, -0.2) is 0 Å². The molecule has 1 unspecified atom stereocenters. The van der Waals surface area contributed by atoms with Gasteiger partial charge in [-0.3, -0.25) is 4.98 Å². The van der Waals surface area contributed by atoms with Crippen LogP contribution in [0.2, 0.25) is 0 Å². The molecule has 0 spiro atoms. The van der Waals surface area contributed by atoms with Gasteiger partial charge in [0.1, 0.15) is 0 Å². The van der Waals surface area contributed by atoms with Crippen molar-refractivity contribution in [3.63, 3.8) is 0 Å². The van der Waals surface area contributed by atoms with Crippen LogP contribution in [-0.4, -0.2) is 28.2 Å². The first-order valence-electron chi connectivity index (χ1n) is 6.57. The molecule has 0 bridgehead atoms. The molecule has 5 nitrogen and oxygen atoms in total. The van der Waals surface area contributed by atoms with Crippen LogP contribution in [-0.2, 0) is 12.8 Å². The Morgan fingerprint density at radius 1 is 1.32 bits per heavy atom. The number of hydrogen-bond donors (Lipinski definition) is 1. The topological polar surface area (TPSA) is 63.8 Å².